The third-order valence-electron chi connectivity index (χ3n) is 2.73. The molecule has 0 aliphatic carbocycles. The maximum atomic E-state index is 13.3. The first-order valence-electron chi connectivity index (χ1n) is 5.64. The highest BCUT2D eigenvalue weighted by Gasteiger charge is 2.10. The van der Waals surface area contributed by atoms with Gasteiger partial charge in [-0.15, -0.1) is 0 Å². The molecule has 104 valence electrons. The van der Waals surface area contributed by atoms with Gasteiger partial charge in [0.1, 0.15) is 0 Å². The van der Waals surface area contributed by atoms with Crippen molar-refractivity contribution in [1.29, 1.82) is 0 Å². The predicted molar refractivity (Wildman–Crippen MR) is 77.8 cm³/mol. The third kappa shape index (κ3) is 3.03. The number of halogens is 3. The lowest BCUT2D eigenvalue weighted by Crippen LogP contribution is -2.00. The Morgan fingerprint density at radius 1 is 1.15 bits per heavy atom. The number of aryl methyl sites for hydroxylation is 1. The van der Waals surface area contributed by atoms with E-state index in [-0.39, 0.29) is 15.6 Å². The van der Waals surface area contributed by atoms with E-state index < -0.39 is 11.8 Å². The van der Waals surface area contributed by atoms with Gasteiger partial charge in [0.05, 0.1) is 15.6 Å². The van der Waals surface area contributed by atoms with Crippen LogP contribution in [0, 0.1) is 12.7 Å². The van der Waals surface area contributed by atoms with Gasteiger partial charge in [-0.2, -0.15) is 0 Å². The van der Waals surface area contributed by atoms with Crippen LogP contribution in [-0.2, 0) is 0 Å². The van der Waals surface area contributed by atoms with Crippen molar-refractivity contribution >= 4 is 40.5 Å². The molecule has 0 fully saturated rings. The van der Waals surface area contributed by atoms with Crippen LogP contribution >= 0.6 is 23.2 Å². The van der Waals surface area contributed by atoms with E-state index in [9.17, 15) is 9.18 Å². The van der Waals surface area contributed by atoms with Crippen LogP contribution in [0.25, 0.3) is 0 Å². The van der Waals surface area contributed by atoms with Crippen molar-refractivity contribution in [3.05, 3.63) is 57.3 Å². The summed E-state index contributed by atoms with van der Waals surface area (Å²) in [6.07, 6.45) is 0. The summed E-state index contributed by atoms with van der Waals surface area (Å²) in [6, 6.07) is 7.59. The summed E-state index contributed by atoms with van der Waals surface area (Å²) < 4.78 is 13.3. The molecule has 20 heavy (non-hydrogen) atoms. The van der Waals surface area contributed by atoms with E-state index in [0.717, 1.165) is 0 Å². The van der Waals surface area contributed by atoms with E-state index in [1.807, 2.05) is 0 Å². The summed E-state index contributed by atoms with van der Waals surface area (Å²) in [4.78, 5) is 10.9. The molecule has 0 saturated carbocycles. The van der Waals surface area contributed by atoms with Crippen LogP contribution < -0.4 is 5.32 Å². The molecule has 0 bridgehead atoms. The maximum absolute atomic E-state index is 13.3. The zero-order valence-electron chi connectivity index (χ0n) is 10.4. The van der Waals surface area contributed by atoms with E-state index in [1.165, 1.54) is 18.2 Å². The van der Waals surface area contributed by atoms with Gasteiger partial charge in [-0.1, -0.05) is 23.2 Å². The molecule has 0 radical (unpaired) electrons. The Bertz CT molecular complexity index is 666. The Kier molecular flexibility index (Phi) is 4.16. The molecule has 2 aromatic rings. The molecular weight excluding hydrogens is 304 g/mol. The minimum absolute atomic E-state index is 0.0844. The smallest absolute Gasteiger partial charge is 0.335 e. The van der Waals surface area contributed by atoms with Gasteiger partial charge in [0.15, 0.2) is 5.82 Å². The lowest BCUT2D eigenvalue weighted by molar-refractivity contribution is 0.0696. The number of rotatable bonds is 3. The molecular formula is C14H10Cl2FNO2. The van der Waals surface area contributed by atoms with E-state index >= 15 is 0 Å². The summed E-state index contributed by atoms with van der Waals surface area (Å²) in [7, 11) is 0. The second-order valence-corrected chi connectivity index (χ2v) is 5.03. The van der Waals surface area contributed by atoms with Crippen LogP contribution in [0.1, 0.15) is 15.9 Å². The standard InChI is InChI=1S/C14H10Cl2FNO2/c1-7-4-8(2-3-10(7)14(19)20)18-9-5-11(15)13(17)12(16)6-9/h2-6,18H,1H3,(H,19,20). The summed E-state index contributed by atoms with van der Waals surface area (Å²) >= 11 is 11.4. The number of carboxylic acids is 1. The number of aromatic carboxylic acids is 1. The molecule has 3 nitrogen and oxygen atoms in total. The van der Waals surface area contributed by atoms with E-state index in [0.29, 0.717) is 16.9 Å². The molecule has 2 aromatic carbocycles. The Morgan fingerprint density at radius 2 is 1.75 bits per heavy atom. The van der Waals surface area contributed by atoms with Gasteiger partial charge >= 0.3 is 5.97 Å². The zero-order valence-corrected chi connectivity index (χ0v) is 11.9. The molecule has 0 aromatic heterocycles. The maximum Gasteiger partial charge on any atom is 0.335 e. The van der Waals surface area contributed by atoms with Crippen molar-refractivity contribution in [3.8, 4) is 0 Å². The van der Waals surface area contributed by atoms with Crippen LogP contribution in [0.3, 0.4) is 0 Å². The van der Waals surface area contributed by atoms with Crippen LogP contribution in [0.4, 0.5) is 15.8 Å². The predicted octanol–water partition coefficient (Wildman–Crippen LogP) is 4.88. The van der Waals surface area contributed by atoms with Crippen molar-refractivity contribution in [2.24, 2.45) is 0 Å². The molecule has 0 saturated heterocycles. The first kappa shape index (κ1) is 14.6. The molecule has 0 spiro atoms. The van der Waals surface area contributed by atoms with Crippen LogP contribution in [0.5, 0.6) is 0 Å². The number of hydrogen-bond acceptors (Lipinski definition) is 2. The first-order chi connectivity index (χ1) is 9.38. The van der Waals surface area contributed by atoms with Crippen LogP contribution in [0.2, 0.25) is 10.0 Å². The van der Waals surface area contributed by atoms with Crippen LogP contribution in [0.15, 0.2) is 30.3 Å². The molecule has 0 atom stereocenters. The lowest BCUT2D eigenvalue weighted by atomic mass is 10.1. The van der Waals surface area contributed by atoms with Gasteiger partial charge in [0, 0.05) is 11.4 Å². The Balaban J connectivity index is 2.31. The van der Waals surface area contributed by atoms with Gasteiger partial charge < -0.3 is 10.4 Å². The van der Waals surface area contributed by atoms with Gasteiger partial charge in [0.2, 0.25) is 0 Å². The fourth-order valence-electron chi connectivity index (χ4n) is 1.78. The summed E-state index contributed by atoms with van der Waals surface area (Å²) in [6.45, 7) is 1.69. The highest BCUT2D eigenvalue weighted by atomic mass is 35.5. The minimum atomic E-state index is -0.984. The highest BCUT2D eigenvalue weighted by Crippen LogP contribution is 2.29. The van der Waals surface area contributed by atoms with Crippen molar-refractivity contribution in [2.75, 3.05) is 5.32 Å². The lowest BCUT2D eigenvalue weighted by Gasteiger charge is -2.10. The van der Waals surface area contributed by atoms with Gasteiger partial charge in [-0.25, -0.2) is 9.18 Å². The SMILES string of the molecule is Cc1cc(Nc2cc(Cl)c(F)c(Cl)c2)ccc1C(=O)O. The molecule has 2 rings (SSSR count). The second-order valence-electron chi connectivity index (χ2n) is 4.21. The van der Waals surface area contributed by atoms with Gasteiger partial charge in [-0.3, -0.25) is 0 Å². The van der Waals surface area contributed by atoms with Crippen molar-refractivity contribution in [1.82, 2.24) is 0 Å². The van der Waals surface area contributed by atoms with Crippen LogP contribution in [-0.4, -0.2) is 11.1 Å². The average molecular weight is 314 g/mol. The Labute approximate surface area is 124 Å². The highest BCUT2D eigenvalue weighted by molar-refractivity contribution is 6.35. The third-order valence-corrected chi connectivity index (χ3v) is 3.28. The first-order valence-corrected chi connectivity index (χ1v) is 6.39. The fraction of sp³-hybridized carbons (Fsp3) is 0.0714. The normalized spacial score (nSPS) is 10.4. The molecule has 0 aliphatic heterocycles. The van der Waals surface area contributed by atoms with E-state index in [4.69, 9.17) is 28.3 Å². The number of carbonyl (C=O) groups is 1. The number of anilines is 2. The van der Waals surface area contributed by atoms with Crippen molar-refractivity contribution in [2.45, 2.75) is 6.92 Å². The van der Waals surface area contributed by atoms with Crippen molar-refractivity contribution < 1.29 is 14.3 Å². The summed E-state index contributed by atoms with van der Waals surface area (Å²) in [5, 5.41) is 11.8. The topological polar surface area (TPSA) is 49.3 Å². The second kappa shape index (κ2) is 5.69. The number of benzene rings is 2. The van der Waals surface area contributed by atoms with Crippen molar-refractivity contribution in [3.63, 3.8) is 0 Å². The van der Waals surface area contributed by atoms with Gasteiger partial charge in [-0.05, 0) is 42.8 Å². The fourth-order valence-corrected chi connectivity index (χ4v) is 2.26. The van der Waals surface area contributed by atoms with E-state index in [1.54, 1.807) is 19.1 Å². The molecule has 0 amide bonds. The Hall–Kier alpha value is -1.78. The van der Waals surface area contributed by atoms with E-state index in [2.05, 4.69) is 5.32 Å². The molecule has 0 aliphatic rings. The zero-order chi connectivity index (χ0) is 14.9. The molecule has 2 N–H and O–H groups in total. The number of nitrogens with one attached hydrogen (secondary N) is 1. The largest absolute Gasteiger partial charge is 0.478 e. The number of hydrogen-bond donors (Lipinski definition) is 2. The summed E-state index contributed by atoms with van der Waals surface area (Å²) in [5.41, 5.74) is 2.02. The van der Waals surface area contributed by atoms with Gasteiger partial charge in [0.25, 0.3) is 0 Å². The molecule has 6 heteroatoms. The minimum Gasteiger partial charge on any atom is -0.478 e. The quantitative estimate of drug-likeness (QED) is 0.794. The summed E-state index contributed by atoms with van der Waals surface area (Å²) in [5.74, 6) is -1.65. The molecule has 0 unspecified atom stereocenters. The molecule has 0 heterocycles. The number of carboxylic acid groups (broad SMARTS) is 1. The monoisotopic (exact) mass is 313 g/mol. The Morgan fingerprint density at radius 3 is 2.25 bits per heavy atom. The average Bonchev–Trinajstić information content (AvgIpc) is 2.35.